The van der Waals surface area contributed by atoms with Gasteiger partial charge in [-0.25, -0.2) is 0 Å². The first-order valence-corrected chi connectivity index (χ1v) is 7.44. The largest absolute Gasteiger partial charge is 0.497 e. The van der Waals surface area contributed by atoms with Crippen molar-refractivity contribution < 1.29 is 19.0 Å². The smallest absolute Gasteiger partial charge is 0.251 e. The summed E-state index contributed by atoms with van der Waals surface area (Å²) in [4.78, 5) is 12.3. The van der Waals surface area contributed by atoms with E-state index < -0.39 is 0 Å². The second-order valence-corrected chi connectivity index (χ2v) is 5.53. The maximum atomic E-state index is 12.3. The van der Waals surface area contributed by atoms with Crippen LogP contribution in [0.25, 0.3) is 0 Å². The average molecular weight is 291 g/mol. The van der Waals surface area contributed by atoms with Gasteiger partial charge >= 0.3 is 0 Å². The molecule has 3 atom stereocenters. The summed E-state index contributed by atoms with van der Waals surface area (Å²) in [5.74, 6) is 0.629. The number of carbonyl (C=O) groups excluding carboxylic acids is 1. The fraction of sp³-hybridized carbons (Fsp3) is 0.562. The number of benzene rings is 1. The first-order chi connectivity index (χ1) is 10.3. The molecule has 2 fully saturated rings. The monoisotopic (exact) mass is 291 g/mol. The molecule has 1 heterocycles. The molecular formula is C16H21NO4. The van der Waals surface area contributed by atoms with Crippen molar-refractivity contribution in [3.8, 4) is 5.75 Å². The van der Waals surface area contributed by atoms with E-state index in [1.165, 1.54) is 0 Å². The fourth-order valence-corrected chi connectivity index (χ4v) is 3.03. The molecule has 5 heteroatoms. The highest BCUT2D eigenvalue weighted by atomic mass is 16.6. The SMILES string of the molecule is COc1cccc(C(=O)NC2CCC3OCCOC3C2)c1. The highest BCUT2D eigenvalue weighted by Gasteiger charge is 2.34. The van der Waals surface area contributed by atoms with Crippen molar-refractivity contribution in [2.45, 2.75) is 37.5 Å². The van der Waals surface area contributed by atoms with Gasteiger partial charge in [-0.2, -0.15) is 0 Å². The van der Waals surface area contributed by atoms with Crippen molar-refractivity contribution in [3.05, 3.63) is 29.8 Å². The van der Waals surface area contributed by atoms with E-state index in [1.54, 1.807) is 19.2 Å². The summed E-state index contributed by atoms with van der Waals surface area (Å²) in [5.41, 5.74) is 0.622. The van der Waals surface area contributed by atoms with Crippen molar-refractivity contribution >= 4 is 5.91 Å². The number of methoxy groups -OCH3 is 1. The highest BCUT2D eigenvalue weighted by Crippen LogP contribution is 2.27. The molecule has 1 aromatic carbocycles. The lowest BCUT2D eigenvalue weighted by Crippen LogP contribution is -2.49. The van der Waals surface area contributed by atoms with E-state index in [-0.39, 0.29) is 24.2 Å². The van der Waals surface area contributed by atoms with Gasteiger partial charge in [-0.05, 0) is 37.5 Å². The molecule has 1 saturated heterocycles. The molecule has 1 saturated carbocycles. The molecule has 1 N–H and O–H groups in total. The van der Waals surface area contributed by atoms with Gasteiger partial charge in [0.1, 0.15) is 5.75 Å². The van der Waals surface area contributed by atoms with Gasteiger partial charge in [0.2, 0.25) is 0 Å². The van der Waals surface area contributed by atoms with E-state index in [0.29, 0.717) is 24.5 Å². The van der Waals surface area contributed by atoms with Gasteiger partial charge in [0.05, 0.1) is 32.5 Å². The first-order valence-electron chi connectivity index (χ1n) is 7.44. The Bertz CT molecular complexity index is 505. The number of fused-ring (bicyclic) bond motifs is 1. The Morgan fingerprint density at radius 3 is 2.86 bits per heavy atom. The lowest BCUT2D eigenvalue weighted by molar-refractivity contribution is -0.157. The van der Waals surface area contributed by atoms with Crippen molar-refractivity contribution in [3.63, 3.8) is 0 Å². The van der Waals surface area contributed by atoms with Crippen LogP contribution in [0, 0.1) is 0 Å². The van der Waals surface area contributed by atoms with Crippen LogP contribution in [0.3, 0.4) is 0 Å². The zero-order valence-electron chi connectivity index (χ0n) is 12.2. The summed E-state index contributed by atoms with van der Waals surface area (Å²) in [7, 11) is 1.60. The standard InChI is InChI=1S/C16H21NO4/c1-19-13-4-2-3-11(9-13)16(18)17-12-5-6-14-15(10-12)21-8-7-20-14/h2-4,9,12,14-15H,5-8,10H2,1H3,(H,17,18). The van der Waals surface area contributed by atoms with Gasteiger partial charge in [0, 0.05) is 11.6 Å². The summed E-state index contributed by atoms with van der Waals surface area (Å²) in [5, 5.41) is 3.09. The first kappa shape index (κ1) is 14.4. The van der Waals surface area contributed by atoms with E-state index in [1.807, 2.05) is 12.1 Å². The van der Waals surface area contributed by atoms with E-state index >= 15 is 0 Å². The van der Waals surface area contributed by atoms with Crippen LogP contribution in [0.15, 0.2) is 24.3 Å². The fourth-order valence-electron chi connectivity index (χ4n) is 3.03. The third-order valence-corrected chi connectivity index (χ3v) is 4.15. The Morgan fingerprint density at radius 1 is 1.24 bits per heavy atom. The molecule has 3 rings (SSSR count). The van der Waals surface area contributed by atoms with Crippen molar-refractivity contribution in [1.82, 2.24) is 5.32 Å². The topological polar surface area (TPSA) is 56.8 Å². The molecule has 0 bridgehead atoms. The predicted octanol–water partition coefficient (Wildman–Crippen LogP) is 1.76. The second-order valence-electron chi connectivity index (χ2n) is 5.53. The van der Waals surface area contributed by atoms with Crippen LogP contribution in [-0.2, 0) is 9.47 Å². The Labute approximate surface area is 124 Å². The summed E-state index contributed by atoms with van der Waals surface area (Å²) < 4.78 is 16.6. The predicted molar refractivity (Wildman–Crippen MR) is 77.6 cm³/mol. The summed E-state index contributed by atoms with van der Waals surface area (Å²) in [6.07, 6.45) is 3.00. The molecule has 2 aliphatic rings. The summed E-state index contributed by atoms with van der Waals surface area (Å²) in [6, 6.07) is 7.34. The molecule has 3 unspecified atom stereocenters. The van der Waals surface area contributed by atoms with E-state index in [9.17, 15) is 4.79 Å². The number of hydrogen-bond donors (Lipinski definition) is 1. The molecular weight excluding hydrogens is 270 g/mol. The Balaban J connectivity index is 1.59. The number of rotatable bonds is 3. The van der Waals surface area contributed by atoms with Crippen LogP contribution in [0.5, 0.6) is 5.75 Å². The van der Waals surface area contributed by atoms with Crippen LogP contribution >= 0.6 is 0 Å². The van der Waals surface area contributed by atoms with E-state index in [4.69, 9.17) is 14.2 Å². The van der Waals surface area contributed by atoms with Crippen LogP contribution in [0.1, 0.15) is 29.6 Å². The molecule has 0 aromatic heterocycles. The third kappa shape index (κ3) is 3.36. The Hall–Kier alpha value is -1.59. The van der Waals surface area contributed by atoms with Gasteiger partial charge in [0.25, 0.3) is 5.91 Å². The molecule has 0 radical (unpaired) electrons. The third-order valence-electron chi connectivity index (χ3n) is 4.15. The number of carbonyl (C=O) groups is 1. The molecule has 5 nitrogen and oxygen atoms in total. The maximum Gasteiger partial charge on any atom is 0.251 e. The molecule has 21 heavy (non-hydrogen) atoms. The zero-order valence-corrected chi connectivity index (χ0v) is 12.2. The molecule has 1 aliphatic heterocycles. The lowest BCUT2D eigenvalue weighted by Gasteiger charge is -2.39. The Morgan fingerprint density at radius 2 is 2.05 bits per heavy atom. The van der Waals surface area contributed by atoms with Crippen LogP contribution in [0.2, 0.25) is 0 Å². The molecule has 114 valence electrons. The van der Waals surface area contributed by atoms with Gasteiger partial charge in [-0.15, -0.1) is 0 Å². The number of hydrogen-bond acceptors (Lipinski definition) is 4. The highest BCUT2D eigenvalue weighted by molar-refractivity contribution is 5.94. The van der Waals surface area contributed by atoms with Crippen molar-refractivity contribution in [1.29, 1.82) is 0 Å². The minimum atomic E-state index is -0.0610. The van der Waals surface area contributed by atoms with E-state index in [2.05, 4.69) is 5.32 Å². The Kier molecular flexibility index (Phi) is 4.41. The maximum absolute atomic E-state index is 12.3. The minimum Gasteiger partial charge on any atom is -0.497 e. The second kappa shape index (κ2) is 6.45. The van der Waals surface area contributed by atoms with Crippen LogP contribution < -0.4 is 10.1 Å². The minimum absolute atomic E-state index is 0.0610. The van der Waals surface area contributed by atoms with Gasteiger partial charge in [-0.1, -0.05) is 6.07 Å². The summed E-state index contributed by atoms with van der Waals surface area (Å²) in [6.45, 7) is 1.33. The number of nitrogens with one attached hydrogen (secondary N) is 1. The molecule has 1 amide bonds. The molecule has 1 aromatic rings. The van der Waals surface area contributed by atoms with Crippen molar-refractivity contribution in [2.75, 3.05) is 20.3 Å². The van der Waals surface area contributed by atoms with Gasteiger partial charge in [-0.3, -0.25) is 4.79 Å². The van der Waals surface area contributed by atoms with Crippen molar-refractivity contribution in [2.24, 2.45) is 0 Å². The number of ether oxygens (including phenoxy) is 3. The van der Waals surface area contributed by atoms with Crippen LogP contribution in [0.4, 0.5) is 0 Å². The van der Waals surface area contributed by atoms with Gasteiger partial charge < -0.3 is 19.5 Å². The molecule has 0 spiro atoms. The lowest BCUT2D eigenvalue weighted by atomic mass is 9.89. The zero-order chi connectivity index (χ0) is 14.7. The quantitative estimate of drug-likeness (QED) is 0.922. The normalized spacial score (nSPS) is 28.5. The average Bonchev–Trinajstić information content (AvgIpc) is 2.54. The van der Waals surface area contributed by atoms with Crippen LogP contribution in [-0.4, -0.2) is 44.5 Å². The van der Waals surface area contributed by atoms with Gasteiger partial charge in [0.15, 0.2) is 0 Å². The molecule has 1 aliphatic carbocycles. The summed E-state index contributed by atoms with van der Waals surface area (Å²) >= 11 is 0. The van der Waals surface area contributed by atoms with E-state index in [0.717, 1.165) is 19.3 Å². The number of amides is 1.